The molecule has 1 atom stereocenters. The molecule has 8 nitrogen and oxygen atoms in total. The summed E-state index contributed by atoms with van der Waals surface area (Å²) in [6, 6.07) is 7.73. The minimum absolute atomic E-state index is 0.0458. The van der Waals surface area contributed by atoms with Crippen LogP contribution in [0.2, 0.25) is 0 Å². The number of pyridine rings is 1. The molecule has 1 unspecified atom stereocenters. The molecule has 8 heteroatoms. The molecular formula is C21H26N6O2. The Balaban J connectivity index is 1.38. The number of primary amides is 1. The van der Waals surface area contributed by atoms with Crippen molar-refractivity contribution in [1.82, 2.24) is 20.1 Å². The second-order valence-corrected chi connectivity index (χ2v) is 7.80. The zero-order valence-corrected chi connectivity index (χ0v) is 16.4. The Morgan fingerprint density at radius 1 is 0.931 bits per heavy atom. The van der Waals surface area contributed by atoms with Gasteiger partial charge in [0.1, 0.15) is 0 Å². The van der Waals surface area contributed by atoms with Gasteiger partial charge in [0.25, 0.3) is 0 Å². The smallest absolute Gasteiger partial charge is 0.227 e. The number of nitrogens with two attached hydrogens (primary N) is 1. The van der Waals surface area contributed by atoms with Crippen LogP contribution in [0.4, 0.5) is 5.82 Å². The number of nitrogens with zero attached hydrogens (tertiary/aromatic N) is 5. The summed E-state index contributed by atoms with van der Waals surface area (Å²) in [5.74, 6) is 0.577. The molecule has 0 radical (unpaired) electrons. The zero-order chi connectivity index (χ0) is 20.2. The highest BCUT2D eigenvalue weighted by atomic mass is 16.2. The molecule has 2 aliphatic rings. The van der Waals surface area contributed by atoms with Gasteiger partial charge in [0.05, 0.1) is 11.6 Å². The molecule has 0 aromatic carbocycles. The van der Waals surface area contributed by atoms with Crippen LogP contribution in [0.5, 0.6) is 0 Å². The fourth-order valence-electron chi connectivity index (χ4n) is 4.20. The van der Waals surface area contributed by atoms with Gasteiger partial charge < -0.3 is 15.5 Å². The van der Waals surface area contributed by atoms with E-state index in [1.807, 2.05) is 29.2 Å². The van der Waals surface area contributed by atoms with Crippen molar-refractivity contribution in [3.63, 3.8) is 0 Å². The number of amides is 2. The number of hydrogen-bond donors (Lipinski definition) is 1. The molecule has 0 bridgehead atoms. The Bertz CT molecular complexity index is 849. The van der Waals surface area contributed by atoms with E-state index in [1.54, 1.807) is 12.4 Å². The summed E-state index contributed by atoms with van der Waals surface area (Å²) in [6.45, 7) is 2.75. The van der Waals surface area contributed by atoms with Crippen molar-refractivity contribution in [3.8, 4) is 11.3 Å². The van der Waals surface area contributed by atoms with Crippen LogP contribution >= 0.6 is 0 Å². The van der Waals surface area contributed by atoms with Crippen molar-refractivity contribution >= 4 is 17.6 Å². The Morgan fingerprint density at radius 2 is 1.69 bits per heavy atom. The third-order valence-electron chi connectivity index (χ3n) is 5.93. The lowest BCUT2D eigenvalue weighted by Gasteiger charge is -2.37. The number of carbonyl (C=O) groups is 2. The van der Waals surface area contributed by atoms with Crippen molar-refractivity contribution in [1.29, 1.82) is 0 Å². The number of rotatable bonds is 4. The first-order valence-electron chi connectivity index (χ1n) is 10.2. The minimum atomic E-state index is -0.255. The molecule has 152 valence electrons. The first-order valence-corrected chi connectivity index (χ1v) is 10.2. The van der Waals surface area contributed by atoms with Gasteiger partial charge in [-0.3, -0.25) is 14.6 Å². The lowest BCUT2D eigenvalue weighted by atomic mass is 9.92. The molecule has 4 heterocycles. The summed E-state index contributed by atoms with van der Waals surface area (Å²) < 4.78 is 0. The Labute approximate surface area is 170 Å². The molecule has 0 saturated carbocycles. The Kier molecular flexibility index (Phi) is 5.69. The summed E-state index contributed by atoms with van der Waals surface area (Å²) in [6.07, 6.45) is 6.63. The van der Waals surface area contributed by atoms with E-state index in [1.165, 1.54) is 0 Å². The van der Waals surface area contributed by atoms with Crippen LogP contribution in [0.3, 0.4) is 0 Å². The van der Waals surface area contributed by atoms with Crippen molar-refractivity contribution in [2.75, 3.05) is 31.1 Å². The van der Waals surface area contributed by atoms with Crippen molar-refractivity contribution < 1.29 is 9.59 Å². The van der Waals surface area contributed by atoms with Gasteiger partial charge in [-0.05, 0) is 49.9 Å². The van der Waals surface area contributed by atoms with Crippen molar-refractivity contribution in [3.05, 3.63) is 36.7 Å². The summed E-state index contributed by atoms with van der Waals surface area (Å²) >= 11 is 0. The predicted molar refractivity (Wildman–Crippen MR) is 109 cm³/mol. The van der Waals surface area contributed by atoms with Crippen LogP contribution in [0.1, 0.15) is 25.7 Å². The van der Waals surface area contributed by atoms with E-state index >= 15 is 0 Å². The lowest BCUT2D eigenvalue weighted by Crippen LogP contribution is -2.48. The number of anilines is 1. The number of likely N-dealkylation sites (tertiary alicyclic amines) is 1. The Morgan fingerprint density at radius 3 is 2.34 bits per heavy atom. The second-order valence-electron chi connectivity index (χ2n) is 7.80. The molecule has 2 amide bonds. The molecule has 4 rings (SSSR count). The second kappa shape index (κ2) is 8.55. The first kappa shape index (κ1) is 19.3. The van der Waals surface area contributed by atoms with Gasteiger partial charge in [0.15, 0.2) is 5.82 Å². The molecule has 2 aromatic heterocycles. The van der Waals surface area contributed by atoms with E-state index in [9.17, 15) is 9.59 Å². The van der Waals surface area contributed by atoms with Crippen LogP contribution in [0, 0.1) is 11.8 Å². The molecule has 2 saturated heterocycles. The molecule has 2 fully saturated rings. The van der Waals surface area contributed by atoms with Crippen LogP contribution in [-0.2, 0) is 9.59 Å². The molecule has 2 aliphatic heterocycles. The largest absolute Gasteiger partial charge is 0.369 e. The summed E-state index contributed by atoms with van der Waals surface area (Å²) in [7, 11) is 0. The predicted octanol–water partition coefficient (Wildman–Crippen LogP) is 1.48. The van der Waals surface area contributed by atoms with Gasteiger partial charge in [-0.1, -0.05) is 0 Å². The fraction of sp³-hybridized carbons (Fsp3) is 0.476. The third kappa shape index (κ3) is 4.36. The standard InChI is InChI=1S/C21H26N6O2/c22-20(28)16-7-12-26(13-8-16)21(29)17-2-1-11-27(14-17)19-4-3-18(24-25-19)15-5-9-23-10-6-15/h3-6,9-10,16-17H,1-2,7-8,11-14H2,(H2,22,28). The maximum Gasteiger partial charge on any atom is 0.227 e. The molecule has 0 aliphatic carbocycles. The van der Waals surface area contributed by atoms with E-state index in [2.05, 4.69) is 20.1 Å². The summed E-state index contributed by atoms with van der Waals surface area (Å²) in [5.41, 5.74) is 7.18. The monoisotopic (exact) mass is 394 g/mol. The van der Waals surface area contributed by atoms with Crippen LogP contribution in [-0.4, -0.2) is 58.1 Å². The normalized spacial score (nSPS) is 20.5. The fourth-order valence-corrected chi connectivity index (χ4v) is 4.20. The maximum absolute atomic E-state index is 13.0. The summed E-state index contributed by atoms with van der Waals surface area (Å²) in [5, 5.41) is 8.74. The van der Waals surface area contributed by atoms with Crippen LogP contribution < -0.4 is 10.6 Å². The van der Waals surface area contributed by atoms with Gasteiger partial charge in [0, 0.05) is 50.1 Å². The number of hydrogen-bond acceptors (Lipinski definition) is 6. The quantitative estimate of drug-likeness (QED) is 0.842. The van der Waals surface area contributed by atoms with E-state index in [0.717, 1.165) is 36.5 Å². The van der Waals surface area contributed by atoms with E-state index in [4.69, 9.17) is 5.73 Å². The molecule has 0 spiro atoms. The number of carbonyl (C=O) groups excluding carboxylic acids is 2. The lowest BCUT2D eigenvalue weighted by molar-refractivity contribution is -0.138. The van der Waals surface area contributed by atoms with E-state index in [-0.39, 0.29) is 23.7 Å². The van der Waals surface area contributed by atoms with Gasteiger partial charge in [-0.25, -0.2) is 0 Å². The molecule has 2 aromatic rings. The highest BCUT2D eigenvalue weighted by molar-refractivity contribution is 5.81. The van der Waals surface area contributed by atoms with Gasteiger partial charge in [-0.15, -0.1) is 10.2 Å². The number of piperidine rings is 2. The molecule has 29 heavy (non-hydrogen) atoms. The first-order chi connectivity index (χ1) is 14.1. The van der Waals surface area contributed by atoms with Gasteiger partial charge >= 0.3 is 0 Å². The van der Waals surface area contributed by atoms with Crippen LogP contribution in [0.15, 0.2) is 36.7 Å². The average molecular weight is 394 g/mol. The van der Waals surface area contributed by atoms with E-state index < -0.39 is 0 Å². The third-order valence-corrected chi connectivity index (χ3v) is 5.93. The van der Waals surface area contributed by atoms with Crippen LogP contribution in [0.25, 0.3) is 11.3 Å². The van der Waals surface area contributed by atoms with Crippen molar-refractivity contribution in [2.24, 2.45) is 17.6 Å². The van der Waals surface area contributed by atoms with E-state index in [0.29, 0.717) is 32.5 Å². The number of aromatic nitrogens is 3. The summed E-state index contributed by atoms with van der Waals surface area (Å²) in [4.78, 5) is 32.4. The average Bonchev–Trinajstić information content (AvgIpc) is 2.79. The maximum atomic E-state index is 13.0. The minimum Gasteiger partial charge on any atom is -0.369 e. The highest BCUT2D eigenvalue weighted by Crippen LogP contribution is 2.26. The molecule has 2 N–H and O–H groups in total. The highest BCUT2D eigenvalue weighted by Gasteiger charge is 2.33. The SMILES string of the molecule is NC(=O)C1CCN(C(=O)C2CCCN(c3ccc(-c4ccncc4)nn3)C2)CC1. The topological polar surface area (TPSA) is 105 Å². The van der Waals surface area contributed by atoms with Gasteiger partial charge in [-0.2, -0.15) is 0 Å². The Hall–Kier alpha value is -3.03. The zero-order valence-electron chi connectivity index (χ0n) is 16.4. The molecular weight excluding hydrogens is 368 g/mol. The van der Waals surface area contributed by atoms with Gasteiger partial charge in [0.2, 0.25) is 11.8 Å². The van der Waals surface area contributed by atoms with Crippen molar-refractivity contribution in [2.45, 2.75) is 25.7 Å².